The minimum absolute atomic E-state index is 0.0162. The lowest BCUT2D eigenvalue weighted by Gasteiger charge is -1.88. The van der Waals surface area contributed by atoms with Gasteiger partial charge in [-0.2, -0.15) is 0 Å². The monoisotopic (exact) mass is 128 g/mol. The Balaban J connectivity index is 4.19. The maximum Gasteiger partial charge on any atom is 0.337 e. The standard InChI is InChI=1S/C5H8N2O2/c6-2-1-4(3-7)5(8)9/h1-3H,6-7H2,(H,8,9)/b2-1-,4-3+. The van der Waals surface area contributed by atoms with Crippen LogP contribution in [0, 0.1) is 0 Å². The molecule has 0 atom stereocenters. The normalized spacial score (nSPS) is 12.2. The lowest BCUT2D eigenvalue weighted by atomic mass is 10.3. The van der Waals surface area contributed by atoms with E-state index in [1.54, 1.807) is 0 Å². The van der Waals surface area contributed by atoms with Gasteiger partial charge in [0.15, 0.2) is 0 Å². The van der Waals surface area contributed by atoms with Gasteiger partial charge < -0.3 is 16.6 Å². The molecule has 0 aromatic heterocycles. The van der Waals surface area contributed by atoms with Crippen molar-refractivity contribution in [2.45, 2.75) is 0 Å². The van der Waals surface area contributed by atoms with Crippen LogP contribution in [0.15, 0.2) is 24.0 Å². The molecule has 0 spiro atoms. The largest absolute Gasteiger partial charge is 0.478 e. The fourth-order valence-corrected chi connectivity index (χ4v) is 0.302. The predicted octanol–water partition coefficient (Wildman–Crippen LogP) is -0.614. The summed E-state index contributed by atoms with van der Waals surface area (Å²) in [5.74, 6) is -1.08. The molecule has 0 saturated heterocycles. The number of nitrogens with two attached hydrogens (primary N) is 2. The number of hydrogen-bond acceptors (Lipinski definition) is 3. The van der Waals surface area contributed by atoms with Gasteiger partial charge in [0.1, 0.15) is 0 Å². The molecule has 0 saturated carbocycles. The summed E-state index contributed by atoms with van der Waals surface area (Å²) in [5.41, 5.74) is 9.80. The van der Waals surface area contributed by atoms with Crippen LogP contribution in [0.1, 0.15) is 0 Å². The second-order valence-corrected chi connectivity index (χ2v) is 1.29. The zero-order valence-electron chi connectivity index (χ0n) is 4.74. The van der Waals surface area contributed by atoms with Crippen molar-refractivity contribution in [2.75, 3.05) is 0 Å². The highest BCUT2D eigenvalue weighted by molar-refractivity contribution is 5.89. The fourth-order valence-electron chi connectivity index (χ4n) is 0.302. The topological polar surface area (TPSA) is 89.3 Å². The highest BCUT2D eigenvalue weighted by Crippen LogP contribution is 1.91. The van der Waals surface area contributed by atoms with Gasteiger partial charge in [0, 0.05) is 6.20 Å². The lowest BCUT2D eigenvalue weighted by Crippen LogP contribution is -2.00. The Morgan fingerprint density at radius 3 is 2.11 bits per heavy atom. The van der Waals surface area contributed by atoms with E-state index < -0.39 is 5.97 Å². The highest BCUT2D eigenvalue weighted by atomic mass is 16.4. The first-order valence-electron chi connectivity index (χ1n) is 2.26. The summed E-state index contributed by atoms with van der Waals surface area (Å²) in [5, 5.41) is 8.25. The molecule has 0 aliphatic rings. The second-order valence-electron chi connectivity index (χ2n) is 1.29. The third-order valence-electron chi connectivity index (χ3n) is 0.702. The number of carboxylic acids is 1. The van der Waals surface area contributed by atoms with Gasteiger partial charge in [-0.3, -0.25) is 0 Å². The minimum Gasteiger partial charge on any atom is -0.478 e. The van der Waals surface area contributed by atoms with Crippen LogP contribution in [0.5, 0.6) is 0 Å². The molecule has 4 nitrogen and oxygen atoms in total. The van der Waals surface area contributed by atoms with Gasteiger partial charge in [-0.05, 0) is 12.3 Å². The van der Waals surface area contributed by atoms with Crippen molar-refractivity contribution in [1.29, 1.82) is 0 Å². The molecule has 0 amide bonds. The molecular formula is C5H8N2O2. The number of hydrogen-bond donors (Lipinski definition) is 3. The third kappa shape index (κ3) is 2.38. The average molecular weight is 128 g/mol. The smallest absolute Gasteiger partial charge is 0.337 e. The Bertz CT molecular complexity index is 160. The van der Waals surface area contributed by atoms with Crippen LogP contribution < -0.4 is 11.5 Å². The average Bonchev–Trinajstić information content (AvgIpc) is 1.82. The Kier molecular flexibility index (Phi) is 2.97. The van der Waals surface area contributed by atoms with Gasteiger partial charge >= 0.3 is 5.97 Å². The number of rotatable bonds is 2. The zero-order valence-corrected chi connectivity index (χ0v) is 4.74. The Hall–Kier alpha value is -1.45. The van der Waals surface area contributed by atoms with Gasteiger partial charge in [-0.25, -0.2) is 4.79 Å². The van der Waals surface area contributed by atoms with E-state index in [1.165, 1.54) is 6.08 Å². The quantitative estimate of drug-likeness (QED) is 0.341. The van der Waals surface area contributed by atoms with Crippen molar-refractivity contribution < 1.29 is 9.90 Å². The molecule has 50 valence electrons. The molecule has 0 aromatic rings. The molecule has 0 bridgehead atoms. The van der Waals surface area contributed by atoms with Crippen LogP contribution in [0.25, 0.3) is 0 Å². The number of carbonyl (C=O) groups is 1. The van der Waals surface area contributed by atoms with Crippen LogP contribution in [-0.4, -0.2) is 11.1 Å². The Labute approximate surface area is 52.5 Å². The summed E-state index contributed by atoms with van der Waals surface area (Å²) in [6, 6.07) is 0. The van der Waals surface area contributed by atoms with Crippen molar-refractivity contribution >= 4 is 5.97 Å². The first kappa shape index (κ1) is 7.55. The molecule has 0 aliphatic heterocycles. The Morgan fingerprint density at radius 2 is 2.00 bits per heavy atom. The molecular weight excluding hydrogens is 120 g/mol. The highest BCUT2D eigenvalue weighted by Gasteiger charge is 1.98. The number of aliphatic carboxylic acids is 1. The van der Waals surface area contributed by atoms with E-state index >= 15 is 0 Å². The van der Waals surface area contributed by atoms with E-state index in [0.29, 0.717) is 0 Å². The van der Waals surface area contributed by atoms with Crippen molar-refractivity contribution in [3.8, 4) is 0 Å². The maximum absolute atomic E-state index is 10.1. The van der Waals surface area contributed by atoms with Crippen LogP contribution in [0.2, 0.25) is 0 Å². The summed E-state index contributed by atoms with van der Waals surface area (Å²) in [6.45, 7) is 0. The van der Waals surface area contributed by atoms with E-state index in [-0.39, 0.29) is 5.57 Å². The molecule has 0 rings (SSSR count). The number of carboxylic acid groups (broad SMARTS) is 1. The van der Waals surface area contributed by atoms with E-state index in [4.69, 9.17) is 16.6 Å². The molecule has 4 heteroatoms. The summed E-state index contributed by atoms with van der Waals surface area (Å²) < 4.78 is 0. The van der Waals surface area contributed by atoms with Crippen LogP contribution in [-0.2, 0) is 4.79 Å². The van der Waals surface area contributed by atoms with Crippen molar-refractivity contribution in [3.63, 3.8) is 0 Å². The van der Waals surface area contributed by atoms with Gasteiger partial charge in [0.2, 0.25) is 0 Å². The molecule has 5 N–H and O–H groups in total. The second kappa shape index (κ2) is 3.54. The van der Waals surface area contributed by atoms with Gasteiger partial charge in [0.05, 0.1) is 5.57 Å². The van der Waals surface area contributed by atoms with E-state index in [0.717, 1.165) is 12.4 Å². The van der Waals surface area contributed by atoms with Crippen molar-refractivity contribution in [2.24, 2.45) is 11.5 Å². The van der Waals surface area contributed by atoms with Crippen LogP contribution in [0.3, 0.4) is 0 Å². The van der Waals surface area contributed by atoms with Crippen LogP contribution >= 0.6 is 0 Å². The molecule has 0 fully saturated rings. The minimum atomic E-state index is -1.08. The molecule has 0 heterocycles. The Morgan fingerprint density at radius 1 is 1.44 bits per heavy atom. The van der Waals surface area contributed by atoms with E-state index in [9.17, 15) is 4.79 Å². The predicted molar refractivity (Wildman–Crippen MR) is 33.2 cm³/mol. The van der Waals surface area contributed by atoms with Crippen LogP contribution in [0.4, 0.5) is 0 Å². The maximum atomic E-state index is 10.1. The summed E-state index contributed by atoms with van der Waals surface area (Å²) >= 11 is 0. The summed E-state index contributed by atoms with van der Waals surface area (Å²) in [4.78, 5) is 10.1. The first-order chi connectivity index (χ1) is 4.22. The third-order valence-corrected chi connectivity index (χ3v) is 0.702. The summed E-state index contributed by atoms with van der Waals surface area (Å²) in [6.07, 6.45) is 3.31. The first-order valence-corrected chi connectivity index (χ1v) is 2.26. The summed E-state index contributed by atoms with van der Waals surface area (Å²) in [7, 11) is 0. The molecule has 9 heavy (non-hydrogen) atoms. The van der Waals surface area contributed by atoms with E-state index in [1.807, 2.05) is 0 Å². The van der Waals surface area contributed by atoms with Crippen molar-refractivity contribution in [3.05, 3.63) is 24.0 Å². The molecule has 0 unspecified atom stereocenters. The lowest BCUT2D eigenvalue weighted by molar-refractivity contribution is -0.132. The van der Waals surface area contributed by atoms with Crippen molar-refractivity contribution in [1.82, 2.24) is 0 Å². The van der Waals surface area contributed by atoms with Gasteiger partial charge in [-0.1, -0.05) is 0 Å². The molecule has 0 aromatic carbocycles. The fraction of sp³-hybridized carbons (Fsp3) is 0. The SMILES string of the molecule is N/C=C\C(=C/N)C(=O)O. The van der Waals surface area contributed by atoms with Gasteiger partial charge in [0.25, 0.3) is 0 Å². The zero-order chi connectivity index (χ0) is 7.28. The van der Waals surface area contributed by atoms with Gasteiger partial charge in [-0.15, -0.1) is 0 Å². The molecule has 0 aliphatic carbocycles. The molecule has 0 radical (unpaired) electrons. The van der Waals surface area contributed by atoms with E-state index in [2.05, 4.69) is 0 Å².